The summed E-state index contributed by atoms with van der Waals surface area (Å²) in [5.74, 6) is 1.02. The molecule has 1 aromatic heterocycles. The Morgan fingerprint density at radius 2 is 1.96 bits per heavy atom. The zero-order chi connectivity index (χ0) is 17.1. The number of ether oxygens (including phenoxy) is 3. The lowest BCUT2D eigenvalue weighted by atomic mass is 10.2. The summed E-state index contributed by atoms with van der Waals surface area (Å²) in [6.45, 7) is 0.0158. The number of methoxy groups -OCH3 is 2. The molecule has 0 aliphatic heterocycles. The summed E-state index contributed by atoms with van der Waals surface area (Å²) in [6.07, 6.45) is 1.73. The van der Waals surface area contributed by atoms with E-state index in [1.807, 2.05) is 12.1 Å². The van der Waals surface area contributed by atoms with Crippen LogP contribution >= 0.6 is 0 Å². The molecule has 0 radical (unpaired) electrons. The normalized spacial score (nSPS) is 10.8. The van der Waals surface area contributed by atoms with Crippen molar-refractivity contribution in [3.05, 3.63) is 52.7 Å². The highest BCUT2D eigenvalue weighted by atomic mass is 16.7. The minimum absolute atomic E-state index is 0.0158. The topological polar surface area (TPSA) is 88.7 Å². The Balaban J connectivity index is 2.05. The molecule has 1 heterocycles. The Labute approximate surface area is 137 Å². The van der Waals surface area contributed by atoms with Gasteiger partial charge in [0, 0.05) is 24.8 Å². The molecule has 0 atom stereocenters. The molecule has 124 valence electrons. The average molecular weight is 329 g/mol. The van der Waals surface area contributed by atoms with Crippen LogP contribution < -0.4 is 9.47 Å². The molecule has 0 saturated carbocycles. The molecule has 2 aromatic carbocycles. The van der Waals surface area contributed by atoms with Crippen molar-refractivity contribution >= 4 is 16.6 Å². The molecule has 0 aliphatic carbocycles. The molecule has 0 bridgehead atoms. The van der Waals surface area contributed by atoms with E-state index in [9.17, 15) is 10.1 Å². The fourth-order valence-electron chi connectivity index (χ4n) is 2.31. The third-order valence-electron chi connectivity index (χ3n) is 3.45. The quantitative estimate of drug-likeness (QED) is 0.392. The van der Waals surface area contributed by atoms with Gasteiger partial charge in [-0.05, 0) is 24.3 Å². The number of benzene rings is 2. The number of rotatable bonds is 6. The van der Waals surface area contributed by atoms with Crippen molar-refractivity contribution in [1.82, 2.24) is 9.78 Å². The van der Waals surface area contributed by atoms with Gasteiger partial charge < -0.3 is 14.2 Å². The van der Waals surface area contributed by atoms with Crippen LogP contribution in [0.5, 0.6) is 11.5 Å². The molecule has 0 spiro atoms. The smallest absolute Gasteiger partial charge is 0.298 e. The van der Waals surface area contributed by atoms with E-state index in [1.54, 1.807) is 31.5 Å². The van der Waals surface area contributed by atoms with Gasteiger partial charge in [-0.1, -0.05) is 0 Å². The standard InChI is InChI=1S/C16H15N3O5/c1-22-10-24-13-5-6-15(16(8-13)19(20)21)18-9-11-3-4-12(23-2)7-14(11)17-18/h3-9H,10H2,1-2H3. The summed E-state index contributed by atoms with van der Waals surface area (Å²) < 4.78 is 16.7. The maximum atomic E-state index is 11.4. The van der Waals surface area contributed by atoms with E-state index in [0.29, 0.717) is 22.7 Å². The Morgan fingerprint density at radius 3 is 2.67 bits per heavy atom. The highest BCUT2D eigenvalue weighted by Gasteiger charge is 2.18. The molecule has 3 rings (SSSR count). The lowest BCUT2D eigenvalue weighted by Gasteiger charge is -2.07. The van der Waals surface area contributed by atoms with E-state index in [4.69, 9.17) is 14.2 Å². The summed E-state index contributed by atoms with van der Waals surface area (Å²) in [7, 11) is 3.05. The van der Waals surface area contributed by atoms with Gasteiger partial charge in [0.05, 0.1) is 23.6 Å². The van der Waals surface area contributed by atoms with Crippen LogP contribution in [-0.4, -0.2) is 35.7 Å². The van der Waals surface area contributed by atoms with E-state index >= 15 is 0 Å². The highest BCUT2D eigenvalue weighted by Crippen LogP contribution is 2.29. The van der Waals surface area contributed by atoms with Crippen molar-refractivity contribution in [2.24, 2.45) is 0 Å². The van der Waals surface area contributed by atoms with Gasteiger partial charge in [-0.15, -0.1) is 0 Å². The van der Waals surface area contributed by atoms with Crippen LogP contribution in [0, 0.1) is 10.1 Å². The number of nitro benzene ring substituents is 1. The van der Waals surface area contributed by atoms with Gasteiger partial charge in [0.1, 0.15) is 17.2 Å². The van der Waals surface area contributed by atoms with Gasteiger partial charge in [0.25, 0.3) is 5.69 Å². The zero-order valence-corrected chi connectivity index (χ0v) is 13.1. The number of aromatic nitrogens is 2. The first-order valence-corrected chi connectivity index (χ1v) is 7.06. The van der Waals surface area contributed by atoms with Crippen LogP contribution in [0.2, 0.25) is 0 Å². The van der Waals surface area contributed by atoms with E-state index < -0.39 is 4.92 Å². The predicted molar refractivity (Wildman–Crippen MR) is 86.8 cm³/mol. The first kappa shape index (κ1) is 15.8. The van der Waals surface area contributed by atoms with Crippen molar-refractivity contribution in [1.29, 1.82) is 0 Å². The molecule has 8 heteroatoms. The first-order chi connectivity index (χ1) is 11.6. The minimum atomic E-state index is -0.470. The fraction of sp³-hybridized carbons (Fsp3) is 0.188. The third-order valence-corrected chi connectivity index (χ3v) is 3.45. The van der Waals surface area contributed by atoms with Gasteiger partial charge in [-0.2, -0.15) is 5.10 Å². The monoisotopic (exact) mass is 329 g/mol. The van der Waals surface area contributed by atoms with Crippen molar-refractivity contribution in [3.8, 4) is 17.2 Å². The molecule has 0 fully saturated rings. The summed E-state index contributed by atoms with van der Waals surface area (Å²) in [5, 5.41) is 16.6. The second kappa shape index (κ2) is 6.55. The molecule has 8 nitrogen and oxygen atoms in total. The van der Waals surface area contributed by atoms with Crippen LogP contribution in [0.3, 0.4) is 0 Å². The SMILES string of the molecule is COCOc1ccc(-n2cc3ccc(OC)cc3n2)c([N+](=O)[O-])c1. The van der Waals surface area contributed by atoms with Gasteiger partial charge in [0.15, 0.2) is 6.79 Å². The summed E-state index contributed by atoms with van der Waals surface area (Å²) in [5.41, 5.74) is 0.923. The van der Waals surface area contributed by atoms with Gasteiger partial charge in [0.2, 0.25) is 0 Å². The van der Waals surface area contributed by atoms with Gasteiger partial charge >= 0.3 is 0 Å². The molecule has 0 unspecified atom stereocenters. The molecular weight excluding hydrogens is 314 g/mol. The predicted octanol–water partition coefficient (Wildman–Crippen LogP) is 2.93. The molecular formula is C16H15N3O5. The van der Waals surface area contributed by atoms with E-state index in [1.165, 1.54) is 17.9 Å². The molecule has 0 N–H and O–H groups in total. The Bertz CT molecular complexity index is 891. The lowest BCUT2D eigenvalue weighted by Crippen LogP contribution is -2.03. The van der Waals surface area contributed by atoms with Crippen LogP contribution in [0.4, 0.5) is 5.69 Å². The summed E-state index contributed by atoms with van der Waals surface area (Å²) in [4.78, 5) is 10.9. The van der Waals surface area contributed by atoms with E-state index in [-0.39, 0.29) is 12.5 Å². The number of nitro groups is 1. The average Bonchev–Trinajstić information content (AvgIpc) is 3.02. The summed E-state index contributed by atoms with van der Waals surface area (Å²) >= 11 is 0. The molecule has 0 amide bonds. The molecule has 3 aromatic rings. The van der Waals surface area contributed by atoms with Crippen LogP contribution in [0.1, 0.15) is 0 Å². The fourth-order valence-corrected chi connectivity index (χ4v) is 2.31. The lowest BCUT2D eigenvalue weighted by molar-refractivity contribution is -0.384. The van der Waals surface area contributed by atoms with Crippen molar-refractivity contribution < 1.29 is 19.1 Å². The Morgan fingerprint density at radius 1 is 1.17 bits per heavy atom. The second-order valence-electron chi connectivity index (χ2n) is 4.96. The van der Waals surface area contributed by atoms with Crippen LogP contribution in [-0.2, 0) is 4.74 Å². The zero-order valence-electron chi connectivity index (χ0n) is 13.1. The Kier molecular flexibility index (Phi) is 4.30. The second-order valence-corrected chi connectivity index (χ2v) is 4.96. The maximum absolute atomic E-state index is 11.4. The summed E-state index contributed by atoms with van der Waals surface area (Å²) in [6, 6.07) is 10.00. The molecule has 24 heavy (non-hydrogen) atoms. The van der Waals surface area contributed by atoms with Gasteiger partial charge in [-0.3, -0.25) is 10.1 Å². The maximum Gasteiger partial charge on any atom is 0.298 e. The van der Waals surface area contributed by atoms with Crippen molar-refractivity contribution in [2.45, 2.75) is 0 Å². The van der Waals surface area contributed by atoms with Gasteiger partial charge in [-0.25, -0.2) is 4.68 Å². The van der Waals surface area contributed by atoms with Crippen molar-refractivity contribution in [3.63, 3.8) is 0 Å². The Hall–Kier alpha value is -3.13. The molecule has 0 aliphatic rings. The first-order valence-electron chi connectivity index (χ1n) is 7.06. The van der Waals surface area contributed by atoms with Crippen molar-refractivity contribution in [2.75, 3.05) is 21.0 Å². The number of nitrogens with zero attached hydrogens (tertiary/aromatic N) is 3. The van der Waals surface area contributed by atoms with Crippen LogP contribution in [0.15, 0.2) is 42.6 Å². The van der Waals surface area contributed by atoms with E-state index in [0.717, 1.165) is 5.39 Å². The minimum Gasteiger partial charge on any atom is -0.497 e. The number of hydrogen-bond acceptors (Lipinski definition) is 6. The largest absolute Gasteiger partial charge is 0.497 e. The molecule has 0 saturated heterocycles. The third kappa shape index (κ3) is 2.99. The van der Waals surface area contributed by atoms with E-state index in [2.05, 4.69) is 5.10 Å². The highest BCUT2D eigenvalue weighted by molar-refractivity contribution is 5.80. The number of fused-ring (bicyclic) bond motifs is 1. The van der Waals surface area contributed by atoms with Crippen LogP contribution in [0.25, 0.3) is 16.6 Å². The number of hydrogen-bond donors (Lipinski definition) is 0.